The first-order valence-electron chi connectivity index (χ1n) is 9.79. The molecule has 0 radical (unpaired) electrons. The molecule has 162 valence electrons. The third-order valence-corrected chi connectivity index (χ3v) is 5.56. The van der Waals surface area contributed by atoms with Crippen molar-refractivity contribution in [1.29, 1.82) is 0 Å². The summed E-state index contributed by atoms with van der Waals surface area (Å²) in [6.07, 6.45) is 0. The number of methoxy groups -OCH3 is 1. The van der Waals surface area contributed by atoms with E-state index in [1.807, 2.05) is 19.1 Å². The number of benzene rings is 3. The summed E-state index contributed by atoms with van der Waals surface area (Å²) in [6, 6.07) is 16.2. The van der Waals surface area contributed by atoms with E-state index < -0.39 is 29.3 Å². The summed E-state index contributed by atoms with van der Waals surface area (Å²) in [7, 11) is 1.43. The summed E-state index contributed by atoms with van der Waals surface area (Å²) in [5, 5.41) is 11.6. The molecule has 3 aromatic rings. The van der Waals surface area contributed by atoms with Gasteiger partial charge in [-0.05, 0) is 55.0 Å². The van der Waals surface area contributed by atoms with E-state index in [0.29, 0.717) is 22.0 Å². The number of carbonyl (C=O) groups is 2. The molecule has 0 aliphatic carbocycles. The monoisotopic (exact) mass is 451 g/mol. The van der Waals surface area contributed by atoms with E-state index in [1.54, 1.807) is 24.3 Å². The van der Waals surface area contributed by atoms with Crippen LogP contribution in [0.5, 0.6) is 5.75 Å². The first kappa shape index (κ1) is 21.6. The largest absolute Gasteiger partial charge is 0.507 e. The van der Waals surface area contributed by atoms with Gasteiger partial charge in [-0.1, -0.05) is 41.4 Å². The maximum absolute atomic E-state index is 13.5. The molecular weight excluding hydrogens is 433 g/mol. The summed E-state index contributed by atoms with van der Waals surface area (Å²) >= 11 is 6.12. The van der Waals surface area contributed by atoms with E-state index in [-0.39, 0.29) is 11.1 Å². The molecule has 1 unspecified atom stereocenters. The number of ether oxygens (including phenoxy) is 1. The lowest BCUT2D eigenvalue weighted by atomic mass is 9.94. The lowest BCUT2D eigenvalue weighted by molar-refractivity contribution is -0.132. The van der Waals surface area contributed by atoms with Crippen LogP contribution in [0.25, 0.3) is 5.76 Å². The summed E-state index contributed by atoms with van der Waals surface area (Å²) in [6.45, 7) is 1.88. The highest BCUT2D eigenvalue weighted by Gasteiger charge is 2.47. The number of aliphatic hydroxyl groups excluding tert-OH is 1. The molecule has 0 bridgehead atoms. The van der Waals surface area contributed by atoms with Crippen LogP contribution in [0.15, 0.2) is 72.3 Å². The van der Waals surface area contributed by atoms with Crippen molar-refractivity contribution in [3.63, 3.8) is 0 Å². The number of hydrogen-bond donors (Lipinski definition) is 1. The highest BCUT2D eigenvalue weighted by atomic mass is 35.5. The van der Waals surface area contributed by atoms with E-state index in [2.05, 4.69) is 0 Å². The molecule has 1 aliphatic heterocycles. The Morgan fingerprint density at radius 3 is 2.44 bits per heavy atom. The van der Waals surface area contributed by atoms with Crippen LogP contribution in [0.3, 0.4) is 0 Å². The maximum atomic E-state index is 13.5. The highest BCUT2D eigenvalue weighted by molar-refractivity contribution is 6.51. The van der Waals surface area contributed by atoms with Crippen LogP contribution < -0.4 is 9.64 Å². The van der Waals surface area contributed by atoms with Gasteiger partial charge in [0.1, 0.15) is 17.3 Å². The number of aliphatic hydroxyl groups is 1. The standard InChI is InChI=1S/C25H19ClFNO4/c1-14-4-3-5-15(12-14)22-21(23(29)19-13-16(26)6-11-20(19)32-2)24(30)25(31)28(22)18-9-7-17(27)8-10-18/h3-13,22,29H,1-2H3/b23-21+. The van der Waals surface area contributed by atoms with Crippen molar-refractivity contribution in [2.45, 2.75) is 13.0 Å². The zero-order valence-corrected chi connectivity index (χ0v) is 18.1. The van der Waals surface area contributed by atoms with Crippen LogP contribution >= 0.6 is 11.6 Å². The second-order valence-corrected chi connectivity index (χ2v) is 7.84. The van der Waals surface area contributed by atoms with E-state index in [1.165, 1.54) is 42.3 Å². The van der Waals surface area contributed by atoms with E-state index in [9.17, 15) is 19.1 Å². The van der Waals surface area contributed by atoms with Gasteiger partial charge in [-0.2, -0.15) is 0 Å². The third-order valence-electron chi connectivity index (χ3n) is 5.32. The maximum Gasteiger partial charge on any atom is 0.300 e. The number of ketones is 1. The summed E-state index contributed by atoms with van der Waals surface area (Å²) < 4.78 is 18.8. The molecule has 3 aromatic carbocycles. The molecule has 5 nitrogen and oxygen atoms in total. The number of carbonyl (C=O) groups excluding carboxylic acids is 2. The first-order chi connectivity index (χ1) is 15.3. The molecule has 1 amide bonds. The van der Waals surface area contributed by atoms with Crippen LogP contribution in [0.1, 0.15) is 22.7 Å². The van der Waals surface area contributed by atoms with Crippen LogP contribution in [0.4, 0.5) is 10.1 Å². The number of hydrogen-bond acceptors (Lipinski definition) is 4. The van der Waals surface area contributed by atoms with Crippen molar-refractivity contribution in [3.05, 3.63) is 99.8 Å². The Hall–Kier alpha value is -3.64. The fourth-order valence-electron chi connectivity index (χ4n) is 3.87. The Morgan fingerprint density at radius 2 is 1.78 bits per heavy atom. The van der Waals surface area contributed by atoms with E-state index >= 15 is 0 Å². The molecule has 1 saturated heterocycles. The smallest absolute Gasteiger partial charge is 0.300 e. The van der Waals surface area contributed by atoms with Gasteiger partial charge in [0.2, 0.25) is 0 Å². The van der Waals surface area contributed by atoms with E-state index in [4.69, 9.17) is 16.3 Å². The van der Waals surface area contributed by atoms with Crippen molar-refractivity contribution < 1.29 is 23.8 Å². The van der Waals surface area contributed by atoms with Gasteiger partial charge < -0.3 is 9.84 Å². The van der Waals surface area contributed by atoms with Gasteiger partial charge in [-0.3, -0.25) is 14.5 Å². The second-order valence-electron chi connectivity index (χ2n) is 7.40. The number of rotatable bonds is 4. The Bertz CT molecular complexity index is 1250. The van der Waals surface area contributed by atoms with Crippen molar-refractivity contribution in [3.8, 4) is 5.75 Å². The Kier molecular flexibility index (Phi) is 5.72. The van der Waals surface area contributed by atoms with Gasteiger partial charge in [-0.25, -0.2) is 4.39 Å². The molecule has 1 fully saturated rings. The quantitative estimate of drug-likeness (QED) is 0.326. The number of Topliss-reactive ketones (excluding diaryl/α,β-unsaturated/α-hetero) is 1. The van der Waals surface area contributed by atoms with Gasteiger partial charge in [0.05, 0.1) is 24.3 Å². The first-order valence-corrected chi connectivity index (χ1v) is 10.2. The molecule has 1 heterocycles. The topological polar surface area (TPSA) is 66.8 Å². The van der Waals surface area contributed by atoms with Gasteiger partial charge >= 0.3 is 0 Å². The fourth-order valence-corrected chi connectivity index (χ4v) is 4.04. The lowest BCUT2D eigenvalue weighted by Gasteiger charge is -2.26. The highest BCUT2D eigenvalue weighted by Crippen LogP contribution is 2.43. The minimum atomic E-state index is -0.927. The van der Waals surface area contributed by atoms with Crippen LogP contribution in [-0.2, 0) is 9.59 Å². The molecule has 0 spiro atoms. The van der Waals surface area contributed by atoms with Crippen molar-refractivity contribution in [2.24, 2.45) is 0 Å². The molecule has 4 rings (SSSR count). The summed E-state index contributed by atoms with van der Waals surface area (Å²) in [5.41, 5.74) is 1.95. The van der Waals surface area contributed by atoms with Crippen molar-refractivity contribution in [1.82, 2.24) is 0 Å². The normalized spacial score (nSPS) is 17.6. The number of halogens is 2. The number of nitrogens with zero attached hydrogens (tertiary/aromatic N) is 1. The average molecular weight is 452 g/mol. The lowest BCUT2D eigenvalue weighted by Crippen LogP contribution is -2.29. The van der Waals surface area contributed by atoms with Crippen LogP contribution in [-0.4, -0.2) is 23.9 Å². The molecule has 7 heteroatoms. The molecule has 0 aromatic heterocycles. The van der Waals surface area contributed by atoms with Gasteiger partial charge in [0.15, 0.2) is 0 Å². The number of amides is 1. The predicted octanol–water partition coefficient (Wildman–Crippen LogP) is 5.42. The minimum absolute atomic E-state index is 0.106. The van der Waals surface area contributed by atoms with Crippen LogP contribution in [0.2, 0.25) is 5.02 Å². The fraction of sp³-hybridized carbons (Fsp3) is 0.120. The Morgan fingerprint density at radius 1 is 1.06 bits per heavy atom. The molecule has 1 aliphatic rings. The molecule has 1 N–H and O–H groups in total. The Balaban J connectivity index is 1.99. The van der Waals surface area contributed by atoms with Gasteiger partial charge in [0, 0.05) is 10.7 Å². The van der Waals surface area contributed by atoms with Gasteiger partial charge in [0.25, 0.3) is 11.7 Å². The summed E-state index contributed by atoms with van der Waals surface area (Å²) in [4.78, 5) is 27.5. The van der Waals surface area contributed by atoms with Crippen LogP contribution in [0, 0.1) is 12.7 Å². The van der Waals surface area contributed by atoms with Crippen molar-refractivity contribution in [2.75, 3.05) is 12.0 Å². The predicted molar refractivity (Wildman–Crippen MR) is 120 cm³/mol. The molecule has 0 saturated carbocycles. The SMILES string of the molecule is COc1ccc(Cl)cc1/C(O)=C1\C(=O)C(=O)N(c2ccc(F)cc2)C1c1cccc(C)c1. The molecule has 32 heavy (non-hydrogen) atoms. The third kappa shape index (κ3) is 3.74. The molecular formula is C25H19ClFNO4. The second kappa shape index (κ2) is 8.48. The molecule has 1 atom stereocenters. The number of anilines is 1. The zero-order valence-electron chi connectivity index (χ0n) is 17.3. The minimum Gasteiger partial charge on any atom is -0.507 e. The average Bonchev–Trinajstić information content (AvgIpc) is 3.04. The number of aryl methyl sites for hydroxylation is 1. The van der Waals surface area contributed by atoms with E-state index in [0.717, 1.165) is 5.56 Å². The zero-order chi connectivity index (χ0) is 23.0. The summed E-state index contributed by atoms with van der Waals surface area (Å²) in [5.74, 6) is -2.27. The Labute approximate surface area is 189 Å². The van der Waals surface area contributed by atoms with Gasteiger partial charge in [-0.15, -0.1) is 0 Å². The van der Waals surface area contributed by atoms with Crippen molar-refractivity contribution >= 4 is 34.7 Å².